The van der Waals surface area contributed by atoms with Gasteiger partial charge in [0.05, 0.1) is 26.3 Å². The van der Waals surface area contributed by atoms with Gasteiger partial charge in [0.25, 0.3) is 11.8 Å². The molecule has 0 aliphatic heterocycles. The Morgan fingerprint density at radius 2 is 1.94 bits per heavy atom. The Labute approximate surface area is 192 Å². The first-order chi connectivity index (χ1) is 15.5. The van der Waals surface area contributed by atoms with Crippen molar-refractivity contribution in [2.45, 2.75) is 6.42 Å². The van der Waals surface area contributed by atoms with E-state index in [1.165, 1.54) is 22.7 Å². The molecule has 1 aromatic carbocycles. The zero-order valence-corrected chi connectivity index (χ0v) is 19.0. The van der Waals surface area contributed by atoms with Crippen LogP contribution in [0.3, 0.4) is 0 Å². The average molecular weight is 476 g/mol. The number of thiophene rings is 1. The van der Waals surface area contributed by atoms with Gasteiger partial charge in [0, 0.05) is 28.4 Å². The molecule has 32 heavy (non-hydrogen) atoms. The molecule has 168 valence electrons. The van der Waals surface area contributed by atoms with E-state index in [4.69, 9.17) is 14.2 Å². The highest BCUT2D eigenvalue weighted by Gasteiger charge is 2.14. The number of benzene rings is 1. The average Bonchev–Trinajstić information content (AvgIpc) is 3.49. The van der Waals surface area contributed by atoms with E-state index in [1.54, 1.807) is 54.6 Å². The first kappa shape index (κ1) is 23.2. The summed E-state index contributed by atoms with van der Waals surface area (Å²) in [6.07, 6.45) is -0.0415. The number of anilines is 1. The molecule has 2 heterocycles. The third-order valence-electron chi connectivity index (χ3n) is 4.20. The summed E-state index contributed by atoms with van der Waals surface area (Å²) in [6, 6.07) is 7.03. The number of carbonyl (C=O) groups excluding carboxylic acids is 3. The lowest BCUT2D eigenvalue weighted by molar-refractivity contribution is -0.147. The monoisotopic (exact) mass is 475 g/mol. The minimum atomic E-state index is -0.591. The van der Waals surface area contributed by atoms with Crippen molar-refractivity contribution in [1.82, 2.24) is 10.3 Å². The summed E-state index contributed by atoms with van der Waals surface area (Å²) >= 11 is 2.64. The zero-order chi connectivity index (χ0) is 22.9. The molecular formula is C21H21N3O6S2. The van der Waals surface area contributed by atoms with E-state index in [-0.39, 0.29) is 18.9 Å². The van der Waals surface area contributed by atoms with Gasteiger partial charge in [0.15, 0.2) is 11.7 Å². The van der Waals surface area contributed by atoms with Crippen LogP contribution in [0.5, 0.6) is 11.5 Å². The number of nitrogens with one attached hydrogen (secondary N) is 2. The van der Waals surface area contributed by atoms with Gasteiger partial charge < -0.3 is 19.5 Å². The fourth-order valence-electron chi connectivity index (χ4n) is 2.62. The fourth-order valence-corrected chi connectivity index (χ4v) is 3.98. The number of thiazole rings is 1. The minimum absolute atomic E-state index is 0.0415. The normalized spacial score (nSPS) is 10.3. The molecule has 0 radical (unpaired) electrons. The lowest BCUT2D eigenvalue weighted by Crippen LogP contribution is -2.27. The van der Waals surface area contributed by atoms with E-state index in [2.05, 4.69) is 15.6 Å². The lowest BCUT2D eigenvalue weighted by atomic mass is 10.1. The second kappa shape index (κ2) is 11.3. The van der Waals surface area contributed by atoms with Crippen LogP contribution in [0, 0.1) is 0 Å². The summed E-state index contributed by atoms with van der Waals surface area (Å²) < 4.78 is 15.5. The maximum absolute atomic E-state index is 12.1. The Kier molecular flexibility index (Phi) is 8.17. The largest absolute Gasteiger partial charge is 0.497 e. The zero-order valence-electron chi connectivity index (χ0n) is 17.4. The third-order valence-corrected chi connectivity index (χ3v) is 5.64. The summed E-state index contributed by atoms with van der Waals surface area (Å²) in [4.78, 5) is 40.1. The number of aromatic nitrogens is 1. The molecule has 0 atom stereocenters. The maximum atomic E-state index is 12.1. The number of methoxy groups -OCH3 is 2. The molecule has 0 spiro atoms. The van der Waals surface area contributed by atoms with Crippen molar-refractivity contribution >= 4 is 45.6 Å². The van der Waals surface area contributed by atoms with Crippen LogP contribution in [0.15, 0.2) is 40.4 Å². The van der Waals surface area contributed by atoms with Crippen LogP contribution in [-0.2, 0) is 14.3 Å². The van der Waals surface area contributed by atoms with Crippen molar-refractivity contribution in [3.8, 4) is 22.8 Å². The molecule has 3 rings (SSSR count). The molecule has 9 nitrogen and oxygen atoms in total. The molecule has 0 saturated carbocycles. The van der Waals surface area contributed by atoms with Gasteiger partial charge in [-0.1, -0.05) is 0 Å². The smallest absolute Gasteiger partial charge is 0.308 e. The van der Waals surface area contributed by atoms with Crippen LogP contribution < -0.4 is 20.1 Å². The van der Waals surface area contributed by atoms with E-state index in [0.29, 0.717) is 27.9 Å². The predicted octanol–water partition coefficient (Wildman–Crippen LogP) is 3.19. The van der Waals surface area contributed by atoms with Crippen LogP contribution in [0.1, 0.15) is 16.8 Å². The van der Waals surface area contributed by atoms with Crippen molar-refractivity contribution in [2.24, 2.45) is 0 Å². The highest BCUT2D eigenvalue weighted by molar-refractivity contribution is 7.14. The van der Waals surface area contributed by atoms with E-state index >= 15 is 0 Å². The molecule has 2 amide bonds. The Morgan fingerprint density at radius 1 is 1.09 bits per heavy atom. The topological polar surface area (TPSA) is 116 Å². The molecule has 11 heteroatoms. The lowest BCUT2D eigenvalue weighted by Gasteiger charge is -2.08. The Morgan fingerprint density at radius 3 is 2.66 bits per heavy atom. The van der Waals surface area contributed by atoms with E-state index in [1.807, 2.05) is 0 Å². The number of hydrogen-bond donors (Lipinski definition) is 2. The van der Waals surface area contributed by atoms with Crippen LogP contribution in [-0.4, -0.2) is 50.1 Å². The number of amides is 2. The highest BCUT2D eigenvalue weighted by atomic mass is 32.1. The molecule has 0 saturated heterocycles. The number of carbonyl (C=O) groups is 3. The van der Waals surface area contributed by atoms with Crippen LogP contribution in [0.2, 0.25) is 0 Å². The molecular weight excluding hydrogens is 454 g/mol. The Hall–Kier alpha value is -3.44. The fraction of sp³-hybridized carbons (Fsp3) is 0.238. The molecule has 0 fully saturated rings. The number of nitrogens with zero attached hydrogens (tertiary/aromatic N) is 1. The molecule has 2 aromatic heterocycles. The maximum Gasteiger partial charge on any atom is 0.308 e. The van der Waals surface area contributed by atoms with Crippen molar-refractivity contribution in [2.75, 3.05) is 32.7 Å². The second-order valence-electron chi connectivity index (χ2n) is 6.33. The van der Waals surface area contributed by atoms with Crippen molar-refractivity contribution in [3.05, 3.63) is 46.0 Å². The number of hydrogen-bond acceptors (Lipinski definition) is 9. The second-order valence-corrected chi connectivity index (χ2v) is 7.97. The van der Waals surface area contributed by atoms with E-state index in [9.17, 15) is 14.4 Å². The van der Waals surface area contributed by atoms with Gasteiger partial charge in [0.1, 0.15) is 11.5 Å². The molecule has 2 N–H and O–H groups in total. The quantitative estimate of drug-likeness (QED) is 0.433. The summed E-state index contributed by atoms with van der Waals surface area (Å²) in [7, 11) is 3.12. The van der Waals surface area contributed by atoms with Crippen LogP contribution in [0.4, 0.5) is 5.13 Å². The Balaban J connectivity index is 1.45. The van der Waals surface area contributed by atoms with Crippen molar-refractivity contribution in [1.29, 1.82) is 0 Å². The molecule has 3 aromatic rings. The summed E-state index contributed by atoms with van der Waals surface area (Å²) in [5.41, 5.74) is 1.87. The highest BCUT2D eigenvalue weighted by Crippen LogP contribution is 2.34. The first-order valence-electron chi connectivity index (χ1n) is 9.44. The van der Waals surface area contributed by atoms with E-state index < -0.39 is 18.5 Å². The molecule has 0 aliphatic carbocycles. The SMILES string of the molecule is COc1ccc(OC)c(-c2csc(NC(=O)COC(=O)CCNC(=O)c3ccsc3)n2)c1. The van der Waals surface area contributed by atoms with Gasteiger partial charge in [-0.05, 0) is 29.6 Å². The summed E-state index contributed by atoms with van der Waals surface area (Å²) in [6.45, 7) is -0.331. The number of esters is 1. The van der Waals surface area contributed by atoms with Gasteiger partial charge in [-0.2, -0.15) is 11.3 Å². The summed E-state index contributed by atoms with van der Waals surface area (Å²) in [5.74, 6) is -0.0956. The Bertz CT molecular complexity index is 1080. The van der Waals surface area contributed by atoms with Crippen molar-refractivity contribution in [3.63, 3.8) is 0 Å². The minimum Gasteiger partial charge on any atom is -0.497 e. The van der Waals surface area contributed by atoms with Crippen LogP contribution >= 0.6 is 22.7 Å². The van der Waals surface area contributed by atoms with Gasteiger partial charge in [-0.3, -0.25) is 19.7 Å². The van der Waals surface area contributed by atoms with E-state index in [0.717, 1.165) is 5.56 Å². The van der Waals surface area contributed by atoms with Gasteiger partial charge in [0.2, 0.25) is 0 Å². The summed E-state index contributed by atoms with van der Waals surface area (Å²) in [5, 5.41) is 10.9. The standard InChI is InChI=1S/C21H21N3O6S2/c1-28-14-3-4-17(29-2)15(9-14)16-12-32-21(23-16)24-18(25)10-30-19(26)5-7-22-20(27)13-6-8-31-11-13/h3-4,6,8-9,11-12H,5,7,10H2,1-2H3,(H,22,27)(H,23,24,25). The molecule has 0 unspecified atom stereocenters. The number of ether oxygens (including phenoxy) is 3. The predicted molar refractivity (Wildman–Crippen MR) is 122 cm³/mol. The molecule has 0 bridgehead atoms. The van der Waals surface area contributed by atoms with Crippen molar-refractivity contribution < 1.29 is 28.6 Å². The van der Waals surface area contributed by atoms with Gasteiger partial charge in [-0.25, -0.2) is 4.98 Å². The third kappa shape index (κ3) is 6.28. The van der Waals surface area contributed by atoms with Crippen LogP contribution in [0.25, 0.3) is 11.3 Å². The molecule has 0 aliphatic rings. The van der Waals surface area contributed by atoms with Gasteiger partial charge in [-0.15, -0.1) is 11.3 Å². The first-order valence-corrected chi connectivity index (χ1v) is 11.3. The van der Waals surface area contributed by atoms with Gasteiger partial charge >= 0.3 is 5.97 Å². The number of rotatable bonds is 10.